The van der Waals surface area contributed by atoms with E-state index < -0.39 is 24.3 Å². The van der Waals surface area contributed by atoms with E-state index in [4.69, 9.17) is 14.2 Å². The van der Waals surface area contributed by atoms with Crippen molar-refractivity contribution in [2.45, 2.75) is 140 Å². The van der Waals surface area contributed by atoms with Crippen LogP contribution >= 0.6 is 0 Å². The van der Waals surface area contributed by atoms with Crippen molar-refractivity contribution in [1.29, 1.82) is 0 Å². The van der Waals surface area contributed by atoms with Gasteiger partial charge in [0.25, 0.3) is 5.92 Å². The van der Waals surface area contributed by atoms with E-state index in [1.54, 1.807) is 60.5 Å². The molecular weight excluding hydrogens is 1780 g/mol. The van der Waals surface area contributed by atoms with E-state index in [0.29, 0.717) is 111 Å². The van der Waals surface area contributed by atoms with Gasteiger partial charge in [0, 0.05) is 102 Å². The summed E-state index contributed by atoms with van der Waals surface area (Å²) in [5.41, 5.74) is 31.5. The number of carbonyl (C=O) groups excluding carboxylic acids is 3. The molecule has 0 saturated carbocycles. The van der Waals surface area contributed by atoms with Gasteiger partial charge in [-0.3, -0.25) is 28.3 Å². The summed E-state index contributed by atoms with van der Waals surface area (Å²) < 4.78 is 92.2. The van der Waals surface area contributed by atoms with Gasteiger partial charge in [-0.15, -0.1) is 30.6 Å². The molecule has 19 aromatic rings. The Labute approximate surface area is 790 Å². The number of esters is 1. The molecule has 6 aliphatic rings. The summed E-state index contributed by atoms with van der Waals surface area (Å²) in [7, 11) is 0. The van der Waals surface area contributed by atoms with Crippen molar-refractivity contribution in [2.75, 3.05) is 19.8 Å². The second kappa shape index (κ2) is 37.0. The number of ketones is 2. The minimum Gasteiger partial charge on any atom is -0.455 e. The molecule has 0 N–H and O–H groups in total. The standard InChI is InChI=1S/C18H13FN6.C18H21N5O2.C17H14F3N5O2.C16H15N5O.C15H13N5O.C14H13N5/c1-11-15-8-17-18(12-3-2-6-20-9-12)21-10-24(17)14-5-4-13(19)7-16(14)25(15)23-22-11;1-3-24-10-13-17-9-18-14(11-25-4-2)20-21-23(18)16-8-6-5-7-15(16)22(17)12-19-13;1-9-12-6-14-15(16(26)27-7-17(2,19)20)21-8-24(14)11-4-3-10(18)5-13(11)25(12)23-22-9;1-3-15(22)16-14-8-13-10(2)18-19-21(13)12-7-5-4-6-11(12)20(14)9-17-16;1-9-13-7-14-15(10(2)21)16-8-19(14)11-5-3-4-6-12(11)20(13)18-17-9;1-9-13-7-14-10(2)16-17-19(14)12-6-4-3-5-11(12)18(13)8-15-9/h2-7,9-10H,8H2,1H3;5-8,12H,3-4,9-11H2,1-2H3;3-5,8H,6-7H2,1-2H3;4-7,9H,3,8H2,1-2H3;3-6,8H,7H2,1-2H3;3-6,8H,7H2,1-2H3. The quantitative estimate of drug-likeness (QED) is 0.0587. The van der Waals surface area contributed by atoms with Crippen LogP contribution in [0.4, 0.5) is 17.6 Å². The summed E-state index contributed by atoms with van der Waals surface area (Å²) >= 11 is 0. The number of Topliss-reactive ketones (excluding diaryl/α,β-unsaturated/α-hetero) is 2. The van der Waals surface area contributed by atoms with Crippen molar-refractivity contribution in [2.24, 2.45) is 0 Å². The molecule has 0 atom stereocenters. The van der Waals surface area contributed by atoms with Crippen molar-refractivity contribution in [3.05, 3.63) is 339 Å². The third-order valence-corrected chi connectivity index (χ3v) is 24.9. The molecule has 19 heterocycles. The summed E-state index contributed by atoms with van der Waals surface area (Å²) in [5.74, 6) is -4.83. The first-order chi connectivity index (χ1) is 67.4. The van der Waals surface area contributed by atoms with E-state index in [-0.39, 0.29) is 29.5 Å². The Kier molecular flexibility index (Phi) is 23.9. The van der Waals surface area contributed by atoms with Crippen molar-refractivity contribution < 1.29 is 46.2 Å². The van der Waals surface area contributed by atoms with Crippen molar-refractivity contribution in [3.63, 3.8) is 0 Å². The minimum atomic E-state index is -3.14. The van der Waals surface area contributed by atoms with Gasteiger partial charge in [0.05, 0.1) is 208 Å². The molecule has 6 aliphatic heterocycles. The zero-order valence-corrected chi connectivity index (χ0v) is 77.3. The molecule has 41 heteroatoms. The van der Waals surface area contributed by atoms with Crippen molar-refractivity contribution >= 4 is 17.5 Å². The van der Waals surface area contributed by atoms with Crippen LogP contribution in [-0.4, -0.2) is 196 Å². The van der Waals surface area contributed by atoms with Gasteiger partial charge in [0.15, 0.2) is 23.9 Å². The number of aromatic nitrogens is 31. The van der Waals surface area contributed by atoms with Gasteiger partial charge in [-0.25, -0.2) is 80.4 Å². The van der Waals surface area contributed by atoms with E-state index in [1.807, 2.05) is 185 Å². The molecule has 6 aromatic carbocycles. The van der Waals surface area contributed by atoms with Gasteiger partial charge < -0.3 is 27.9 Å². The number of rotatable bonds is 13. The van der Waals surface area contributed by atoms with E-state index in [2.05, 4.69) is 130 Å². The molecule has 13 aromatic heterocycles. The number of ether oxygens (including phenoxy) is 3. The average molecular weight is 1870 g/mol. The Morgan fingerprint density at radius 1 is 0.360 bits per heavy atom. The number of imidazole rings is 6. The highest BCUT2D eigenvalue weighted by atomic mass is 19.3. The van der Waals surface area contributed by atoms with Crippen molar-refractivity contribution in [1.82, 2.24) is 152 Å². The van der Waals surface area contributed by atoms with Crippen LogP contribution in [0.15, 0.2) is 196 Å². The van der Waals surface area contributed by atoms with Gasteiger partial charge in [-0.05, 0) is 140 Å². The van der Waals surface area contributed by atoms with E-state index >= 15 is 0 Å². The number of halogens is 4. The first-order valence-corrected chi connectivity index (χ1v) is 44.9. The maximum absolute atomic E-state index is 13.9. The number of fused-ring (bicyclic) bond motifs is 30. The Morgan fingerprint density at radius 3 is 1.17 bits per heavy atom. The second-order valence-corrected chi connectivity index (χ2v) is 33.6. The Hall–Kier alpha value is -17.0. The highest BCUT2D eigenvalue weighted by Crippen LogP contribution is 2.39. The fourth-order valence-corrected chi connectivity index (χ4v) is 17.8. The van der Waals surface area contributed by atoms with Gasteiger partial charge in [-0.2, -0.15) is 0 Å². The Balaban J connectivity index is 0.000000103. The maximum Gasteiger partial charge on any atom is 0.359 e. The van der Waals surface area contributed by atoms with E-state index in [1.165, 1.54) is 47.0 Å². The summed E-state index contributed by atoms with van der Waals surface area (Å²) in [6, 6.07) is 44.9. The number of pyridine rings is 1. The highest BCUT2D eigenvalue weighted by Gasteiger charge is 2.36. The molecule has 139 heavy (non-hydrogen) atoms. The summed E-state index contributed by atoms with van der Waals surface area (Å²) in [5, 5.41) is 50.6. The van der Waals surface area contributed by atoms with Crippen LogP contribution in [0.1, 0.15) is 186 Å². The molecule has 0 bridgehead atoms. The normalized spacial score (nSPS) is 12.4. The second-order valence-electron chi connectivity index (χ2n) is 33.6. The summed E-state index contributed by atoms with van der Waals surface area (Å²) in [4.78, 5) is 66.8. The molecule has 0 unspecified atom stereocenters. The van der Waals surface area contributed by atoms with Crippen LogP contribution in [0.2, 0.25) is 0 Å². The molecule has 0 fully saturated rings. The number of carbonyl (C=O) groups is 3. The number of aryl methyl sites for hydroxylation is 6. The molecule has 0 radical (unpaired) electrons. The molecule has 0 saturated heterocycles. The SMILES string of the molecule is CC(=O)c1ncn2c1Cc1c(C)nnn1-c1ccccc1-2.CCC(=O)c1ncn2c1Cc1c(C)nnn1-c1ccccc1-2.CCOCc1ncn2c1Cc1c(COCC)nnn1-c1ccccc1-2.Cc1ncn2c1Cc1c(C)nnn1-c1ccccc1-2.Cc1nnn2c1Cc1c(-c3cccnc3)ncn1-c1ccc(F)cc1-2.Cc1nnn2c1Cc1c(C(=O)OCC(C)(F)F)ncn1-c1ccc(F)cc1-2. The fraction of sp³-hybridized carbons (Fsp3) is 0.245. The number of hydrogen-bond donors (Lipinski definition) is 0. The third kappa shape index (κ3) is 16.6. The number of hydrogen-bond acceptors (Lipinski definition) is 25. The molecule has 37 nitrogen and oxygen atoms in total. The molecule has 0 amide bonds. The Bertz CT molecular complexity index is 7820. The van der Waals surface area contributed by atoms with Crippen LogP contribution in [0.3, 0.4) is 0 Å². The molecule has 700 valence electrons. The zero-order valence-electron chi connectivity index (χ0n) is 77.3. The number of benzene rings is 6. The fourth-order valence-electron chi connectivity index (χ4n) is 17.8. The average Bonchev–Trinajstić information content (AvgIpc) is 1.56. The van der Waals surface area contributed by atoms with Crippen LogP contribution in [-0.2, 0) is 65.9 Å². The number of nitrogens with zero attached hydrogens (tertiary/aromatic N) is 31. The topological polar surface area (TPSA) is 383 Å². The van der Waals surface area contributed by atoms with Gasteiger partial charge in [0.1, 0.15) is 54.0 Å². The monoisotopic (exact) mass is 1870 g/mol. The molecule has 25 rings (SSSR count). The van der Waals surface area contributed by atoms with Gasteiger partial charge >= 0.3 is 5.97 Å². The molecular formula is C98H89F4N31O6. The van der Waals surface area contributed by atoms with Gasteiger partial charge in [0.2, 0.25) is 0 Å². The van der Waals surface area contributed by atoms with Gasteiger partial charge in [-0.1, -0.05) is 86.7 Å². The van der Waals surface area contributed by atoms with E-state index in [9.17, 15) is 31.9 Å². The lowest BCUT2D eigenvalue weighted by molar-refractivity contribution is -0.0469. The predicted molar refractivity (Wildman–Crippen MR) is 495 cm³/mol. The van der Waals surface area contributed by atoms with Crippen LogP contribution in [0, 0.1) is 53.2 Å². The van der Waals surface area contributed by atoms with Crippen LogP contribution < -0.4 is 0 Å². The minimum absolute atomic E-state index is 0.0280. The number of para-hydroxylation sites is 8. The molecule has 0 spiro atoms. The Morgan fingerprint density at radius 2 is 0.719 bits per heavy atom. The van der Waals surface area contributed by atoms with Crippen LogP contribution in [0.5, 0.6) is 0 Å². The van der Waals surface area contributed by atoms with E-state index in [0.717, 1.165) is 160 Å². The largest absolute Gasteiger partial charge is 0.455 e. The predicted octanol–water partition coefficient (Wildman–Crippen LogP) is 14.0. The lowest BCUT2D eigenvalue weighted by Crippen LogP contribution is -2.22. The first-order valence-electron chi connectivity index (χ1n) is 44.9. The first kappa shape index (κ1) is 89.9. The lowest BCUT2D eigenvalue weighted by atomic mass is 10.1. The smallest absolute Gasteiger partial charge is 0.359 e. The zero-order chi connectivity index (χ0) is 96.3. The highest BCUT2D eigenvalue weighted by molar-refractivity contribution is 5.96. The molecule has 0 aliphatic carbocycles. The third-order valence-electron chi connectivity index (χ3n) is 24.9. The lowest BCUT2D eigenvalue weighted by Gasteiger charge is -2.11. The summed E-state index contributed by atoms with van der Waals surface area (Å²) in [6.07, 6.45) is 17.8. The number of alkyl halides is 2. The maximum atomic E-state index is 13.9. The van der Waals surface area contributed by atoms with Crippen LogP contribution in [0.25, 0.3) is 79.5 Å². The van der Waals surface area contributed by atoms with Crippen molar-refractivity contribution in [3.8, 4) is 79.5 Å². The summed E-state index contributed by atoms with van der Waals surface area (Å²) in [6.45, 7) is 20.8.